The molecule has 1 N–H and O–H groups in total. The molecule has 144 valence electrons. The van der Waals surface area contributed by atoms with Crippen molar-refractivity contribution in [1.82, 2.24) is 0 Å². The van der Waals surface area contributed by atoms with Gasteiger partial charge in [-0.15, -0.1) is 0 Å². The molecule has 1 aromatic heterocycles. The van der Waals surface area contributed by atoms with Crippen LogP contribution in [0, 0.1) is 6.92 Å². The number of halogens is 1. The summed E-state index contributed by atoms with van der Waals surface area (Å²) >= 11 is 3.31. The van der Waals surface area contributed by atoms with Gasteiger partial charge in [0.15, 0.2) is 6.61 Å². The maximum atomic E-state index is 12.2. The predicted molar refractivity (Wildman–Crippen MR) is 107 cm³/mol. The van der Waals surface area contributed by atoms with E-state index in [0.29, 0.717) is 22.4 Å². The van der Waals surface area contributed by atoms with Gasteiger partial charge in [-0.05, 0) is 48.9 Å². The number of anilines is 1. The number of amides is 1. The van der Waals surface area contributed by atoms with Crippen LogP contribution in [0.5, 0.6) is 5.75 Å². The number of hydrogen-bond acceptors (Lipinski definition) is 6. The highest BCUT2D eigenvalue weighted by atomic mass is 79.9. The Labute approximate surface area is 168 Å². The zero-order valence-corrected chi connectivity index (χ0v) is 16.7. The molecule has 0 radical (unpaired) electrons. The number of ether oxygens (including phenoxy) is 2. The van der Waals surface area contributed by atoms with Gasteiger partial charge in [0.2, 0.25) is 0 Å². The van der Waals surface area contributed by atoms with Gasteiger partial charge in [-0.3, -0.25) is 4.79 Å². The highest BCUT2D eigenvalue weighted by Crippen LogP contribution is 2.25. The highest BCUT2D eigenvalue weighted by molar-refractivity contribution is 9.10. The molecule has 0 aliphatic heterocycles. The van der Waals surface area contributed by atoms with E-state index in [4.69, 9.17) is 13.9 Å². The molecule has 0 spiro atoms. The molecule has 28 heavy (non-hydrogen) atoms. The van der Waals surface area contributed by atoms with E-state index in [1.807, 2.05) is 13.0 Å². The number of hydrogen-bond donors (Lipinski definition) is 1. The summed E-state index contributed by atoms with van der Waals surface area (Å²) in [6.07, 6.45) is 0. The van der Waals surface area contributed by atoms with Crippen LogP contribution in [0.1, 0.15) is 15.9 Å². The van der Waals surface area contributed by atoms with Crippen molar-refractivity contribution in [3.05, 3.63) is 68.5 Å². The first kappa shape index (κ1) is 19.6. The molecule has 7 nitrogen and oxygen atoms in total. The molecule has 0 aliphatic carbocycles. The fourth-order valence-electron chi connectivity index (χ4n) is 2.55. The van der Waals surface area contributed by atoms with Gasteiger partial charge in [0.1, 0.15) is 16.9 Å². The molecular formula is C20H16BrNO6. The Morgan fingerprint density at radius 3 is 2.68 bits per heavy atom. The molecule has 0 saturated carbocycles. The Morgan fingerprint density at radius 1 is 1.14 bits per heavy atom. The summed E-state index contributed by atoms with van der Waals surface area (Å²) < 4.78 is 16.0. The molecule has 3 rings (SSSR count). The van der Waals surface area contributed by atoms with Gasteiger partial charge in [0, 0.05) is 9.86 Å². The SMILES string of the molecule is COc1ccc(C)cc1NC(=O)COC(=O)c1cc2cc(Br)ccc2oc1=O. The minimum atomic E-state index is -0.943. The second-order valence-electron chi connectivity index (χ2n) is 5.96. The number of rotatable bonds is 5. The first-order valence-electron chi connectivity index (χ1n) is 8.22. The molecule has 3 aromatic rings. The van der Waals surface area contributed by atoms with Crippen LogP contribution in [-0.4, -0.2) is 25.6 Å². The molecular weight excluding hydrogens is 430 g/mol. The number of aryl methyl sites for hydroxylation is 1. The third-order valence-corrected chi connectivity index (χ3v) is 4.37. The third-order valence-electron chi connectivity index (χ3n) is 3.88. The summed E-state index contributed by atoms with van der Waals surface area (Å²) in [5, 5.41) is 3.16. The molecule has 2 aromatic carbocycles. The minimum absolute atomic E-state index is 0.286. The number of carbonyl (C=O) groups excluding carboxylic acids is 2. The molecule has 1 heterocycles. The number of benzene rings is 2. The topological polar surface area (TPSA) is 94.8 Å². The normalized spacial score (nSPS) is 10.5. The fourth-order valence-corrected chi connectivity index (χ4v) is 2.93. The number of carbonyl (C=O) groups is 2. The van der Waals surface area contributed by atoms with Gasteiger partial charge < -0.3 is 19.2 Å². The summed E-state index contributed by atoms with van der Waals surface area (Å²) in [4.78, 5) is 36.4. The Hall–Kier alpha value is -3.13. The average Bonchev–Trinajstić information content (AvgIpc) is 2.66. The zero-order valence-electron chi connectivity index (χ0n) is 15.1. The van der Waals surface area contributed by atoms with Crippen molar-refractivity contribution in [3.63, 3.8) is 0 Å². The van der Waals surface area contributed by atoms with Crippen LogP contribution in [-0.2, 0) is 9.53 Å². The first-order valence-corrected chi connectivity index (χ1v) is 9.01. The number of fused-ring (bicyclic) bond motifs is 1. The van der Waals surface area contributed by atoms with Crippen LogP contribution in [0.2, 0.25) is 0 Å². The van der Waals surface area contributed by atoms with Crippen molar-refractivity contribution in [2.75, 3.05) is 19.0 Å². The van der Waals surface area contributed by atoms with Crippen molar-refractivity contribution in [1.29, 1.82) is 0 Å². The lowest BCUT2D eigenvalue weighted by Crippen LogP contribution is -2.23. The van der Waals surface area contributed by atoms with E-state index in [-0.39, 0.29) is 5.56 Å². The van der Waals surface area contributed by atoms with Gasteiger partial charge in [-0.1, -0.05) is 22.0 Å². The quantitative estimate of drug-likeness (QED) is 0.475. The second kappa shape index (κ2) is 8.26. The maximum absolute atomic E-state index is 12.2. The lowest BCUT2D eigenvalue weighted by atomic mass is 10.2. The summed E-state index contributed by atoms with van der Waals surface area (Å²) in [7, 11) is 1.48. The second-order valence-corrected chi connectivity index (χ2v) is 6.87. The Bertz CT molecular complexity index is 1120. The third kappa shape index (κ3) is 4.40. The summed E-state index contributed by atoms with van der Waals surface area (Å²) in [6, 6.07) is 11.7. The van der Waals surface area contributed by atoms with Gasteiger partial charge in [-0.2, -0.15) is 0 Å². The van der Waals surface area contributed by atoms with Crippen molar-refractivity contribution in [2.45, 2.75) is 6.92 Å². The standard InChI is InChI=1S/C20H16BrNO6/c1-11-3-5-17(26-2)15(7-11)22-18(23)10-27-19(24)14-9-12-8-13(21)4-6-16(12)28-20(14)25/h3-9H,10H2,1-2H3,(H,22,23). The van der Waals surface area contributed by atoms with E-state index in [1.165, 1.54) is 13.2 Å². The van der Waals surface area contributed by atoms with E-state index < -0.39 is 24.1 Å². The van der Waals surface area contributed by atoms with Gasteiger partial charge in [0.25, 0.3) is 5.91 Å². The summed E-state index contributed by atoms with van der Waals surface area (Å²) in [6.45, 7) is 1.30. The van der Waals surface area contributed by atoms with Crippen molar-refractivity contribution >= 4 is 44.5 Å². The molecule has 0 atom stereocenters. The van der Waals surface area contributed by atoms with Crippen molar-refractivity contribution < 1.29 is 23.5 Å². The summed E-state index contributed by atoms with van der Waals surface area (Å²) in [5.74, 6) is -1.03. The van der Waals surface area contributed by atoms with Crippen molar-refractivity contribution in [3.8, 4) is 5.75 Å². The zero-order chi connectivity index (χ0) is 20.3. The molecule has 8 heteroatoms. The van der Waals surface area contributed by atoms with Gasteiger partial charge in [-0.25, -0.2) is 9.59 Å². The van der Waals surface area contributed by atoms with Crippen LogP contribution in [0.4, 0.5) is 5.69 Å². The Kier molecular flexibility index (Phi) is 5.79. The van der Waals surface area contributed by atoms with Crippen LogP contribution in [0.25, 0.3) is 11.0 Å². The first-order chi connectivity index (χ1) is 13.4. The average molecular weight is 446 g/mol. The van der Waals surface area contributed by atoms with E-state index in [1.54, 1.807) is 30.3 Å². The van der Waals surface area contributed by atoms with Crippen LogP contribution >= 0.6 is 15.9 Å². The van der Waals surface area contributed by atoms with Crippen LogP contribution in [0.3, 0.4) is 0 Å². The van der Waals surface area contributed by atoms with E-state index in [2.05, 4.69) is 21.2 Å². The monoisotopic (exact) mass is 445 g/mol. The minimum Gasteiger partial charge on any atom is -0.495 e. The largest absolute Gasteiger partial charge is 0.495 e. The van der Waals surface area contributed by atoms with E-state index in [9.17, 15) is 14.4 Å². The van der Waals surface area contributed by atoms with Gasteiger partial charge >= 0.3 is 11.6 Å². The summed E-state index contributed by atoms with van der Waals surface area (Å²) in [5.41, 5.74) is 0.604. The Balaban J connectivity index is 1.71. The number of nitrogens with one attached hydrogen (secondary N) is 1. The molecule has 0 aliphatic rings. The van der Waals surface area contributed by atoms with Crippen LogP contribution < -0.4 is 15.7 Å². The predicted octanol–water partition coefficient (Wildman–Crippen LogP) is 3.67. The lowest BCUT2D eigenvalue weighted by Gasteiger charge is -2.11. The molecule has 0 saturated heterocycles. The Morgan fingerprint density at radius 2 is 1.93 bits per heavy atom. The molecule has 1 amide bonds. The number of esters is 1. The van der Waals surface area contributed by atoms with Crippen molar-refractivity contribution in [2.24, 2.45) is 0 Å². The lowest BCUT2D eigenvalue weighted by molar-refractivity contribution is -0.119. The molecule has 0 fully saturated rings. The smallest absolute Gasteiger partial charge is 0.351 e. The maximum Gasteiger partial charge on any atom is 0.351 e. The van der Waals surface area contributed by atoms with Gasteiger partial charge in [0.05, 0.1) is 12.8 Å². The molecule has 0 bridgehead atoms. The van der Waals surface area contributed by atoms with E-state index >= 15 is 0 Å². The highest BCUT2D eigenvalue weighted by Gasteiger charge is 2.17. The van der Waals surface area contributed by atoms with E-state index in [0.717, 1.165) is 10.0 Å². The van der Waals surface area contributed by atoms with Crippen LogP contribution in [0.15, 0.2) is 56.1 Å². The fraction of sp³-hybridized carbons (Fsp3) is 0.150. The number of methoxy groups -OCH3 is 1. The molecule has 0 unspecified atom stereocenters.